The van der Waals surface area contributed by atoms with Gasteiger partial charge in [0.25, 0.3) is 0 Å². The number of cyclic esters (lactones) is 1. The van der Waals surface area contributed by atoms with Gasteiger partial charge < -0.3 is 35.2 Å². The van der Waals surface area contributed by atoms with E-state index in [0.717, 1.165) is 19.3 Å². The summed E-state index contributed by atoms with van der Waals surface area (Å²) in [6.45, 7) is 18.7. The van der Waals surface area contributed by atoms with E-state index in [1.165, 1.54) is 74.0 Å². The molecular formula is C46H77FN6O8. The summed E-state index contributed by atoms with van der Waals surface area (Å²) in [7, 11) is 4.43. The van der Waals surface area contributed by atoms with E-state index in [9.17, 15) is 38.3 Å². The lowest BCUT2D eigenvalue weighted by atomic mass is 9.94. The summed E-state index contributed by atoms with van der Waals surface area (Å²) in [5.41, 5.74) is 0.554. The zero-order valence-electron chi connectivity index (χ0n) is 39.1. The van der Waals surface area contributed by atoms with Gasteiger partial charge in [0, 0.05) is 27.6 Å². The van der Waals surface area contributed by atoms with Gasteiger partial charge in [-0.25, -0.2) is 9.18 Å². The molecule has 61 heavy (non-hydrogen) atoms. The molecule has 5 amide bonds. The van der Waals surface area contributed by atoms with E-state index < -0.39 is 89.9 Å². The number of aliphatic hydroxyl groups is 1. The maximum atomic E-state index is 14.7. The third kappa shape index (κ3) is 16.6. The van der Waals surface area contributed by atoms with Gasteiger partial charge in [-0.3, -0.25) is 29.3 Å². The van der Waals surface area contributed by atoms with Crippen molar-refractivity contribution in [3.63, 3.8) is 0 Å². The van der Waals surface area contributed by atoms with Crippen LogP contribution < -0.4 is 16.0 Å². The molecule has 1 aliphatic heterocycles. The standard InChI is InChI=1S/C46H77FN6O8/c1-14-15-16-30(8)25-37-43(57)51(11)31(9)46(60)61-32(10)40(54)48-35(23-28(4)5)44(58)52(12)38(22-17-27(2)3)41(55)49-36(24-29(6)7)45(59)53(13)39(42(56)50-37)26-33-18-20-34(47)21-19-33/h18-21,27-32,35-40,48,54H,14-17,22-26H2,1-13H3,(H,49,55)(H,50,56)/t30-,31-,32+,35-,36-,37-,38-,39-,40?/m0/s1. The van der Waals surface area contributed by atoms with Gasteiger partial charge >= 0.3 is 5.97 Å². The van der Waals surface area contributed by atoms with Gasteiger partial charge in [0.2, 0.25) is 29.5 Å². The van der Waals surface area contributed by atoms with Crippen molar-refractivity contribution in [1.29, 1.82) is 0 Å². The Labute approximate surface area is 364 Å². The lowest BCUT2D eigenvalue weighted by Crippen LogP contribution is -2.60. The van der Waals surface area contributed by atoms with Crippen LogP contribution in [0.3, 0.4) is 0 Å². The van der Waals surface area contributed by atoms with E-state index in [4.69, 9.17) is 4.74 Å². The quantitative estimate of drug-likeness (QED) is 0.191. The molecule has 1 unspecified atom stereocenters. The lowest BCUT2D eigenvalue weighted by molar-refractivity contribution is -0.164. The maximum absolute atomic E-state index is 14.7. The van der Waals surface area contributed by atoms with Crippen LogP contribution in [-0.2, 0) is 39.9 Å². The van der Waals surface area contributed by atoms with Crippen molar-refractivity contribution in [2.45, 2.75) is 176 Å². The molecule has 2 rings (SSSR count). The fourth-order valence-electron chi connectivity index (χ4n) is 7.56. The van der Waals surface area contributed by atoms with Crippen LogP contribution >= 0.6 is 0 Å². The number of hydrogen-bond acceptors (Lipinski definition) is 9. The first-order chi connectivity index (χ1) is 28.5. The molecule has 1 aromatic carbocycles. The number of carbonyl (C=O) groups is 6. The number of carbonyl (C=O) groups excluding carboxylic acids is 6. The van der Waals surface area contributed by atoms with Gasteiger partial charge in [-0.1, -0.05) is 86.8 Å². The van der Waals surface area contributed by atoms with Crippen LogP contribution in [0, 0.1) is 29.5 Å². The summed E-state index contributed by atoms with van der Waals surface area (Å²) in [4.78, 5) is 89.8. The summed E-state index contributed by atoms with van der Waals surface area (Å²) in [6.07, 6.45) is 1.50. The van der Waals surface area contributed by atoms with Gasteiger partial charge in [-0.15, -0.1) is 0 Å². The van der Waals surface area contributed by atoms with E-state index in [1.54, 1.807) is 0 Å². The number of esters is 1. The minimum Gasteiger partial charge on any atom is -0.457 e. The molecule has 0 saturated carbocycles. The molecule has 346 valence electrons. The van der Waals surface area contributed by atoms with E-state index in [1.807, 2.05) is 48.5 Å². The second-order valence-corrected chi connectivity index (χ2v) is 18.5. The summed E-state index contributed by atoms with van der Waals surface area (Å²) in [6, 6.07) is -0.975. The molecule has 0 radical (unpaired) electrons. The highest BCUT2D eigenvalue weighted by Gasteiger charge is 2.40. The average Bonchev–Trinajstić information content (AvgIpc) is 3.19. The summed E-state index contributed by atoms with van der Waals surface area (Å²) in [5, 5.41) is 20.1. The maximum Gasteiger partial charge on any atom is 0.328 e. The van der Waals surface area contributed by atoms with Crippen LogP contribution in [0.25, 0.3) is 0 Å². The van der Waals surface area contributed by atoms with Crippen LogP contribution in [0.2, 0.25) is 0 Å². The van der Waals surface area contributed by atoms with Crippen LogP contribution in [0.15, 0.2) is 24.3 Å². The molecular weight excluding hydrogens is 784 g/mol. The van der Waals surface area contributed by atoms with Crippen molar-refractivity contribution in [3.8, 4) is 0 Å². The minimum atomic E-state index is -1.50. The number of unbranched alkanes of at least 4 members (excludes halogenated alkanes) is 1. The number of nitrogens with zero attached hydrogens (tertiary/aromatic N) is 3. The number of amides is 5. The van der Waals surface area contributed by atoms with Gasteiger partial charge in [0.05, 0.1) is 6.04 Å². The Kier molecular flexibility index (Phi) is 21.8. The molecule has 0 spiro atoms. The Morgan fingerprint density at radius 1 is 0.689 bits per heavy atom. The van der Waals surface area contributed by atoms with Gasteiger partial charge in [0.15, 0.2) is 0 Å². The molecule has 14 nitrogen and oxygen atoms in total. The number of ether oxygens (including phenoxy) is 1. The molecule has 15 heteroatoms. The number of benzene rings is 1. The first-order valence-electron chi connectivity index (χ1n) is 22.3. The highest BCUT2D eigenvalue weighted by atomic mass is 19.1. The molecule has 4 N–H and O–H groups in total. The second-order valence-electron chi connectivity index (χ2n) is 18.5. The van der Waals surface area contributed by atoms with Crippen molar-refractivity contribution in [1.82, 2.24) is 30.7 Å². The molecule has 1 heterocycles. The predicted molar refractivity (Wildman–Crippen MR) is 234 cm³/mol. The van der Waals surface area contributed by atoms with Crippen LogP contribution in [-0.4, -0.2) is 125 Å². The number of nitrogens with one attached hydrogen (secondary N) is 3. The number of halogens is 1. The minimum absolute atomic E-state index is 0.00982. The summed E-state index contributed by atoms with van der Waals surface area (Å²) in [5.74, 6) is -4.00. The molecule has 1 saturated heterocycles. The first kappa shape index (κ1) is 53.0. The zero-order valence-corrected chi connectivity index (χ0v) is 39.1. The van der Waals surface area contributed by atoms with E-state index in [0.29, 0.717) is 12.0 Å². The normalized spacial score (nSPS) is 26.7. The van der Waals surface area contributed by atoms with Crippen LogP contribution in [0.5, 0.6) is 0 Å². The number of aliphatic hydroxyl groups excluding tert-OH is 1. The molecule has 0 aliphatic carbocycles. The van der Waals surface area contributed by atoms with Crippen LogP contribution in [0.1, 0.15) is 126 Å². The fraction of sp³-hybridized carbons (Fsp3) is 0.739. The monoisotopic (exact) mass is 861 g/mol. The van der Waals surface area contributed by atoms with Crippen molar-refractivity contribution < 1.29 is 43.0 Å². The smallest absolute Gasteiger partial charge is 0.328 e. The molecule has 9 atom stereocenters. The topological polar surface area (TPSA) is 178 Å². The Morgan fingerprint density at radius 3 is 1.72 bits per heavy atom. The number of hydrogen-bond donors (Lipinski definition) is 4. The molecule has 1 aliphatic rings. The predicted octanol–water partition coefficient (Wildman–Crippen LogP) is 4.81. The van der Waals surface area contributed by atoms with Gasteiger partial charge in [-0.05, 0) is 87.3 Å². The Hall–Kier alpha value is -4.11. The van der Waals surface area contributed by atoms with Crippen molar-refractivity contribution in [2.75, 3.05) is 21.1 Å². The summed E-state index contributed by atoms with van der Waals surface area (Å²) >= 11 is 0. The van der Waals surface area contributed by atoms with E-state index in [2.05, 4.69) is 22.9 Å². The highest BCUT2D eigenvalue weighted by molar-refractivity contribution is 5.96. The Bertz CT molecular complexity index is 1590. The highest BCUT2D eigenvalue weighted by Crippen LogP contribution is 2.21. The number of rotatable bonds is 14. The average molecular weight is 861 g/mol. The van der Waals surface area contributed by atoms with E-state index in [-0.39, 0.29) is 55.8 Å². The van der Waals surface area contributed by atoms with E-state index >= 15 is 0 Å². The van der Waals surface area contributed by atoms with Crippen LogP contribution in [0.4, 0.5) is 4.39 Å². The fourth-order valence-corrected chi connectivity index (χ4v) is 7.56. The Balaban J connectivity index is 2.84. The number of likely N-dealkylation sites (N-methyl/N-ethyl adjacent to an activating group) is 3. The zero-order chi connectivity index (χ0) is 46.3. The largest absolute Gasteiger partial charge is 0.457 e. The first-order valence-corrected chi connectivity index (χ1v) is 22.3. The third-order valence-electron chi connectivity index (χ3n) is 11.6. The second kappa shape index (κ2) is 25.1. The van der Waals surface area contributed by atoms with Crippen molar-refractivity contribution in [2.24, 2.45) is 23.7 Å². The molecule has 1 fully saturated rings. The summed E-state index contributed by atoms with van der Waals surface area (Å²) < 4.78 is 19.7. The Morgan fingerprint density at radius 2 is 1.18 bits per heavy atom. The lowest BCUT2D eigenvalue weighted by Gasteiger charge is -2.35. The van der Waals surface area contributed by atoms with Gasteiger partial charge in [0.1, 0.15) is 48.4 Å². The SMILES string of the molecule is CCCC[C@H](C)C[C@@H]1NC(=O)[C@H](Cc2ccc(F)cc2)N(C)C(=O)[C@H](CC(C)C)NC(=O)[C@H](CCC(C)C)N(C)C(=O)[C@H](CC(C)C)NC(O)[C@@H](C)OC(=O)[C@H](C)N(C)C1=O. The van der Waals surface area contributed by atoms with Crippen molar-refractivity contribution in [3.05, 3.63) is 35.6 Å². The third-order valence-corrected chi connectivity index (χ3v) is 11.6. The molecule has 0 bridgehead atoms. The molecule has 0 aromatic heterocycles. The van der Waals surface area contributed by atoms with Crippen molar-refractivity contribution >= 4 is 35.5 Å². The molecule has 1 aromatic rings. The van der Waals surface area contributed by atoms with Gasteiger partial charge in [-0.2, -0.15) is 0 Å².